The number of nitrogens with zero attached hydrogens (tertiary/aromatic N) is 5. The summed E-state index contributed by atoms with van der Waals surface area (Å²) in [7, 11) is 0. The first-order chi connectivity index (χ1) is 25.1. The van der Waals surface area contributed by atoms with Gasteiger partial charge in [0.25, 0.3) is 5.91 Å². The summed E-state index contributed by atoms with van der Waals surface area (Å²) >= 11 is 0. The van der Waals surface area contributed by atoms with Crippen LogP contribution >= 0.6 is 0 Å². The van der Waals surface area contributed by atoms with E-state index in [1.807, 2.05) is 68.1 Å². The number of carbonyl (C=O) groups is 3. The van der Waals surface area contributed by atoms with Gasteiger partial charge in [-0.3, -0.25) is 19.5 Å². The van der Waals surface area contributed by atoms with Crippen LogP contribution in [0.25, 0.3) is 11.4 Å². The van der Waals surface area contributed by atoms with E-state index in [0.717, 1.165) is 49.9 Å². The quantitative estimate of drug-likeness (QED) is 0.272. The summed E-state index contributed by atoms with van der Waals surface area (Å²) in [4.78, 5) is 60.9. The van der Waals surface area contributed by atoms with Crippen molar-refractivity contribution >= 4 is 18.0 Å². The molecular weight excluding hydrogens is 676 g/mol. The van der Waals surface area contributed by atoms with E-state index in [0.29, 0.717) is 81.0 Å². The van der Waals surface area contributed by atoms with Crippen LogP contribution in [0.15, 0.2) is 47.3 Å². The molecule has 6 rings (SSSR count). The molecule has 0 spiro atoms. The number of piperidine rings is 3. The van der Waals surface area contributed by atoms with Gasteiger partial charge in [0.1, 0.15) is 5.75 Å². The predicted octanol–water partition coefficient (Wildman–Crippen LogP) is 5.10. The lowest BCUT2D eigenvalue weighted by Gasteiger charge is -2.40. The molecule has 0 aliphatic carbocycles. The second-order valence-corrected chi connectivity index (χ2v) is 14.5. The molecule has 3 saturated heterocycles. The highest BCUT2D eigenvalue weighted by atomic mass is 16.6. The molecule has 3 aliphatic rings. The molecule has 2 aromatic carbocycles. The Balaban J connectivity index is 0.00000541. The summed E-state index contributed by atoms with van der Waals surface area (Å²) in [5.74, 6) is 1.40. The van der Waals surface area contributed by atoms with Crippen molar-refractivity contribution in [3.63, 3.8) is 0 Å². The number of phenolic OH excluding ortho intramolecular Hbond substituents is 1. The lowest BCUT2D eigenvalue weighted by molar-refractivity contribution is -0.144. The zero-order chi connectivity index (χ0) is 36.8. The Hall–Kier alpha value is -4.65. The van der Waals surface area contributed by atoms with Crippen LogP contribution in [-0.2, 0) is 25.5 Å². The molecule has 4 heterocycles. The molecule has 3 aromatic rings. The number of hydrogen-bond acceptors (Lipinski definition) is 9. The fourth-order valence-electron chi connectivity index (χ4n) is 8.12. The zero-order valence-electron chi connectivity index (χ0n) is 30.6. The molecule has 1 atom stereocenters. The normalized spacial score (nSPS) is 18.3. The van der Waals surface area contributed by atoms with Crippen LogP contribution in [0, 0.1) is 25.7 Å². The average molecular weight is 733 g/mol. The molecule has 1 aromatic heterocycles. The second-order valence-electron chi connectivity index (χ2n) is 14.5. The van der Waals surface area contributed by atoms with Crippen molar-refractivity contribution < 1.29 is 29.0 Å². The first-order valence-electron chi connectivity index (χ1n) is 18.7. The SMILES string of the molecule is C.CCOC(=O)CN1CCC(C2CCN(C(=O)[C@@H](Cc3cc(C)c(O)c(C)c3)OC(=O)N3CCC(n4nc(-c5ccccc5)[nH]c4=O)CC3)CC2)CC1. The van der Waals surface area contributed by atoms with Crippen molar-refractivity contribution in [3.8, 4) is 17.1 Å². The van der Waals surface area contributed by atoms with Gasteiger partial charge in [0, 0.05) is 38.2 Å². The number of aromatic nitrogens is 3. The average Bonchev–Trinajstić information content (AvgIpc) is 3.55. The van der Waals surface area contributed by atoms with Crippen molar-refractivity contribution in [2.75, 3.05) is 52.4 Å². The van der Waals surface area contributed by atoms with E-state index in [1.165, 1.54) is 4.68 Å². The van der Waals surface area contributed by atoms with Gasteiger partial charge < -0.3 is 24.4 Å². The maximum absolute atomic E-state index is 14.1. The third-order valence-electron chi connectivity index (χ3n) is 11.1. The Morgan fingerprint density at radius 1 is 0.887 bits per heavy atom. The molecule has 2 amide bonds. The lowest BCUT2D eigenvalue weighted by atomic mass is 9.78. The maximum atomic E-state index is 14.1. The van der Waals surface area contributed by atoms with E-state index >= 15 is 0 Å². The van der Waals surface area contributed by atoms with Crippen molar-refractivity contribution in [2.24, 2.45) is 11.8 Å². The topological polar surface area (TPSA) is 150 Å². The predicted molar refractivity (Wildman–Crippen MR) is 202 cm³/mol. The van der Waals surface area contributed by atoms with Crippen LogP contribution in [0.1, 0.15) is 75.6 Å². The summed E-state index contributed by atoms with van der Waals surface area (Å²) in [6.07, 6.45) is 3.52. The highest BCUT2D eigenvalue weighted by Gasteiger charge is 2.36. The molecule has 3 fully saturated rings. The fourth-order valence-corrected chi connectivity index (χ4v) is 8.12. The number of aromatic hydroxyl groups is 1. The number of ether oxygens (including phenoxy) is 2. The number of rotatable bonds is 10. The van der Waals surface area contributed by atoms with Crippen LogP contribution < -0.4 is 5.69 Å². The third kappa shape index (κ3) is 9.67. The Bertz CT molecular complexity index is 1730. The van der Waals surface area contributed by atoms with Gasteiger partial charge in [-0.2, -0.15) is 0 Å². The number of esters is 1. The molecule has 2 N–H and O–H groups in total. The summed E-state index contributed by atoms with van der Waals surface area (Å²) < 4.78 is 12.6. The first-order valence-corrected chi connectivity index (χ1v) is 18.7. The summed E-state index contributed by atoms with van der Waals surface area (Å²) in [6.45, 7) is 9.87. The molecular formula is C40H56N6O7. The monoisotopic (exact) mass is 732 g/mol. The van der Waals surface area contributed by atoms with Gasteiger partial charge in [-0.1, -0.05) is 49.9 Å². The molecule has 53 heavy (non-hydrogen) atoms. The highest BCUT2D eigenvalue weighted by Crippen LogP contribution is 2.33. The Kier molecular flexibility index (Phi) is 13.4. The molecule has 13 nitrogen and oxygen atoms in total. The van der Waals surface area contributed by atoms with E-state index in [1.54, 1.807) is 4.90 Å². The minimum Gasteiger partial charge on any atom is -0.507 e. The van der Waals surface area contributed by atoms with E-state index in [-0.39, 0.29) is 43.2 Å². The standard InChI is InChI=1S/C39H52N6O7.CH4/c1-4-51-34(46)25-42-16-10-29(11-17-42)30-12-18-43(19-13-30)37(48)33(24-28-22-26(2)35(47)27(3)23-28)52-39(50)44-20-14-32(15-21-44)45-38(49)40-36(41-45)31-8-6-5-7-9-31;/h5-9,22-23,29-30,32-33,47H,4,10-21,24-25H2,1-3H3,(H,40,41,49);1H4/t33-;/m1./s1. The summed E-state index contributed by atoms with van der Waals surface area (Å²) in [5, 5.41) is 14.9. The van der Waals surface area contributed by atoms with Crippen LogP contribution in [0.2, 0.25) is 0 Å². The molecule has 13 heteroatoms. The largest absolute Gasteiger partial charge is 0.507 e. The van der Waals surface area contributed by atoms with Crippen molar-refractivity contribution in [1.82, 2.24) is 29.5 Å². The van der Waals surface area contributed by atoms with E-state index < -0.39 is 12.2 Å². The van der Waals surface area contributed by atoms with E-state index in [4.69, 9.17) is 9.47 Å². The number of carbonyl (C=O) groups excluding carboxylic acids is 3. The highest BCUT2D eigenvalue weighted by molar-refractivity contribution is 5.84. The fraction of sp³-hybridized carbons (Fsp3) is 0.575. The van der Waals surface area contributed by atoms with Crippen LogP contribution in [0.5, 0.6) is 5.75 Å². The van der Waals surface area contributed by atoms with Gasteiger partial charge in [-0.05, 0) is 101 Å². The van der Waals surface area contributed by atoms with Gasteiger partial charge in [0.05, 0.1) is 19.2 Å². The molecule has 0 unspecified atom stereocenters. The van der Waals surface area contributed by atoms with E-state index in [9.17, 15) is 24.3 Å². The lowest BCUT2D eigenvalue weighted by Crippen LogP contribution is -2.49. The van der Waals surface area contributed by atoms with Gasteiger partial charge in [0.2, 0.25) is 0 Å². The third-order valence-corrected chi connectivity index (χ3v) is 11.1. The Morgan fingerprint density at radius 3 is 2.08 bits per heavy atom. The minimum atomic E-state index is -1.02. The number of phenols is 1. The minimum absolute atomic E-state index is 0. The number of benzene rings is 2. The van der Waals surface area contributed by atoms with Crippen LogP contribution in [0.4, 0.5) is 4.79 Å². The number of aromatic amines is 1. The van der Waals surface area contributed by atoms with Crippen molar-refractivity contribution in [3.05, 3.63) is 69.6 Å². The van der Waals surface area contributed by atoms with Crippen LogP contribution in [0.3, 0.4) is 0 Å². The number of likely N-dealkylation sites (tertiary alicyclic amines) is 3. The number of nitrogens with one attached hydrogen (secondary N) is 1. The van der Waals surface area contributed by atoms with Crippen molar-refractivity contribution in [2.45, 2.75) is 85.3 Å². The number of hydrogen-bond donors (Lipinski definition) is 2. The number of amides is 2. The Morgan fingerprint density at radius 2 is 1.47 bits per heavy atom. The van der Waals surface area contributed by atoms with Crippen LogP contribution in [-0.4, -0.2) is 111 Å². The maximum Gasteiger partial charge on any atom is 0.410 e. The molecule has 3 aliphatic heterocycles. The smallest absolute Gasteiger partial charge is 0.410 e. The Labute approximate surface area is 312 Å². The van der Waals surface area contributed by atoms with Crippen molar-refractivity contribution in [1.29, 1.82) is 0 Å². The zero-order valence-corrected chi connectivity index (χ0v) is 30.6. The van der Waals surface area contributed by atoms with E-state index in [2.05, 4.69) is 15.0 Å². The van der Waals surface area contributed by atoms with Gasteiger partial charge in [0.15, 0.2) is 11.9 Å². The van der Waals surface area contributed by atoms with Gasteiger partial charge >= 0.3 is 17.8 Å². The molecule has 0 saturated carbocycles. The van der Waals surface area contributed by atoms with Gasteiger partial charge in [-0.25, -0.2) is 14.3 Å². The molecule has 0 bridgehead atoms. The molecule has 0 radical (unpaired) electrons. The second kappa shape index (κ2) is 17.9. The van der Waals surface area contributed by atoms with Gasteiger partial charge in [-0.15, -0.1) is 5.10 Å². The number of aryl methyl sites for hydroxylation is 2. The summed E-state index contributed by atoms with van der Waals surface area (Å²) in [5.41, 5.74) is 2.76. The molecule has 288 valence electrons. The summed E-state index contributed by atoms with van der Waals surface area (Å²) in [6, 6.07) is 13.0. The number of H-pyrrole nitrogens is 1. The first kappa shape index (κ1) is 39.6.